The van der Waals surface area contributed by atoms with Crippen LogP contribution in [0.3, 0.4) is 0 Å². The molecule has 1 aromatic rings. The highest BCUT2D eigenvalue weighted by atomic mass is 19.4. The average molecular weight is 609 g/mol. The minimum absolute atomic E-state index is 0.0622. The Morgan fingerprint density at radius 1 is 0.791 bits per heavy atom. The van der Waals surface area contributed by atoms with Gasteiger partial charge >= 0.3 is 6.18 Å². The molecule has 1 aromatic carbocycles. The number of benzene rings is 1. The average Bonchev–Trinajstić information content (AvgIpc) is 3.01. The van der Waals surface area contributed by atoms with Crippen molar-refractivity contribution in [3.05, 3.63) is 47.0 Å². The van der Waals surface area contributed by atoms with Gasteiger partial charge in [0.05, 0.1) is 18.8 Å². The maximum absolute atomic E-state index is 15.3. The van der Waals surface area contributed by atoms with Gasteiger partial charge in [-0.05, 0) is 130 Å². The first-order chi connectivity index (χ1) is 20.7. The van der Waals surface area contributed by atoms with Gasteiger partial charge in [-0.25, -0.2) is 8.78 Å². The second-order valence-electron chi connectivity index (χ2n) is 14.5. The quantitative estimate of drug-likeness (QED) is 0.200. The summed E-state index contributed by atoms with van der Waals surface area (Å²) in [6.07, 6.45) is 15.2. The molecule has 5 rings (SSSR count). The number of allylic oxidation sites excluding steroid dienone is 2. The second kappa shape index (κ2) is 15.2. The zero-order chi connectivity index (χ0) is 30.4. The van der Waals surface area contributed by atoms with Crippen molar-refractivity contribution in [2.24, 2.45) is 29.6 Å². The Kier molecular flexibility index (Phi) is 11.7. The summed E-state index contributed by atoms with van der Waals surface area (Å²) in [5.41, 5.74) is 1.69. The summed E-state index contributed by atoms with van der Waals surface area (Å²) >= 11 is 0. The predicted octanol–water partition coefficient (Wildman–Crippen LogP) is 12.0. The molecule has 1 heterocycles. The Morgan fingerprint density at radius 2 is 1.44 bits per heavy atom. The highest BCUT2D eigenvalue weighted by Gasteiger charge is 2.36. The molecule has 0 aromatic heterocycles. The third-order valence-corrected chi connectivity index (χ3v) is 11.8. The number of ether oxygens (including phenoxy) is 1. The Balaban J connectivity index is 1.03. The maximum Gasteiger partial charge on any atom is 0.412 e. The summed E-state index contributed by atoms with van der Waals surface area (Å²) in [6, 6.07) is 5.63. The van der Waals surface area contributed by atoms with Crippen molar-refractivity contribution in [1.29, 1.82) is 0 Å². The van der Waals surface area contributed by atoms with Crippen molar-refractivity contribution in [2.75, 3.05) is 6.61 Å². The van der Waals surface area contributed by atoms with Gasteiger partial charge in [0.1, 0.15) is 11.6 Å². The van der Waals surface area contributed by atoms with Gasteiger partial charge in [0.25, 0.3) is 0 Å². The first-order valence-electron chi connectivity index (χ1n) is 17.6. The van der Waals surface area contributed by atoms with Gasteiger partial charge in [0, 0.05) is 5.92 Å². The van der Waals surface area contributed by atoms with E-state index < -0.39 is 17.9 Å². The summed E-state index contributed by atoms with van der Waals surface area (Å²) in [4.78, 5) is 0. The van der Waals surface area contributed by atoms with E-state index in [2.05, 4.69) is 13.0 Å². The van der Waals surface area contributed by atoms with Gasteiger partial charge < -0.3 is 4.74 Å². The van der Waals surface area contributed by atoms with E-state index in [0.29, 0.717) is 49.2 Å². The number of unbranched alkanes of at least 4 members (excludes halogenated alkanes) is 2. The standard InChI is InChI=1S/C37H53F5O/c1-2-3-4-5-25-6-8-27(9-7-25)32-19-21-36(43-24-32)30-16-10-26(11-17-30)31-18-20-33(34(38)22-31)28-12-14-29(15-13-28)35(39)23-37(40,41)42/h18,20,22-23,25-30,32,36H,2-17,19,21,24H2,1H3/b35-23-. The van der Waals surface area contributed by atoms with Crippen LogP contribution in [0.25, 0.3) is 0 Å². The lowest BCUT2D eigenvalue weighted by atomic mass is 9.71. The Labute approximate surface area is 256 Å². The molecule has 2 atom stereocenters. The van der Waals surface area contributed by atoms with Crippen molar-refractivity contribution < 1.29 is 26.7 Å². The van der Waals surface area contributed by atoms with Gasteiger partial charge in [0.2, 0.25) is 0 Å². The molecule has 0 N–H and O–H groups in total. The lowest BCUT2D eigenvalue weighted by Gasteiger charge is -2.41. The molecule has 0 bridgehead atoms. The summed E-state index contributed by atoms with van der Waals surface area (Å²) in [7, 11) is 0. The SMILES string of the molecule is CCCCCC1CCC(C2CCC(C3CCC(c4ccc(C5CCC(/C(F)=C/C(F)(F)F)CC5)c(F)c4)CC3)OC2)CC1. The van der Waals surface area contributed by atoms with Crippen molar-refractivity contribution in [1.82, 2.24) is 0 Å². The zero-order valence-electron chi connectivity index (χ0n) is 26.2. The summed E-state index contributed by atoms with van der Waals surface area (Å²) in [6.45, 7) is 3.23. The van der Waals surface area contributed by atoms with Crippen molar-refractivity contribution >= 4 is 0 Å². The molecule has 0 amide bonds. The molecule has 1 saturated heterocycles. The third kappa shape index (κ3) is 9.07. The molecule has 4 aliphatic rings. The van der Waals surface area contributed by atoms with Crippen LogP contribution in [0.15, 0.2) is 30.1 Å². The molecule has 4 fully saturated rings. The molecule has 0 radical (unpaired) electrons. The van der Waals surface area contributed by atoms with Crippen molar-refractivity contribution in [3.8, 4) is 0 Å². The van der Waals surface area contributed by atoms with Crippen molar-refractivity contribution in [3.63, 3.8) is 0 Å². The van der Waals surface area contributed by atoms with E-state index in [1.165, 1.54) is 64.2 Å². The van der Waals surface area contributed by atoms with E-state index in [9.17, 15) is 17.6 Å². The van der Waals surface area contributed by atoms with Crippen LogP contribution < -0.4 is 0 Å². The summed E-state index contributed by atoms with van der Waals surface area (Å²) < 4.78 is 73.3. The number of halogens is 5. The largest absolute Gasteiger partial charge is 0.412 e. The van der Waals surface area contributed by atoms with Crippen molar-refractivity contribution in [2.45, 2.75) is 147 Å². The van der Waals surface area contributed by atoms with Crippen LogP contribution in [0.2, 0.25) is 0 Å². The molecule has 1 aliphatic heterocycles. The Morgan fingerprint density at radius 3 is 2.05 bits per heavy atom. The van der Waals surface area contributed by atoms with Gasteiger partial charge in [-0.2, -0.15) is 13.2 Å². The predicted molar refractivity (Wildman–Crippen MR) is 163 cm³/mol. The van der Waals surface area contributed by atoms with E-state index in [1.54, 1.807) is 6.07 Å². The topological polar surface area (TPSA) is 9.23 Å². The van der Waals surface area contributed by atoms with Crippen LogP contribution in [-0.2, 0) is 4.74 Å². The van der Waals surface area contributed by atoms with E-state index in [-0.39, 0.29) is 17.8 Å². The molecule has 3 saturated carbocycles. The first kappa shape index (κ1) is 32.9. The zero-order valence-corrected chi connectivity index (χ0v) is 26.2. The van der Waals surface area contributed by atoms with Gasteiger partial charge in [0.15, 0.2) is 0 Å². The first-order valence-corrected chi connectivity index (χ1v) is 17.6. The van der Waals surface area contributed by atoms with E-state index in [4.69, 9.17) is 4.74 Å². The molecular formula is C37H53F5O. The fourth-order valence-corrected chi connectivity index (χ4v) is 9.07. The fourth-order valence-electron chi connectivity index (χ4n) is 9.07. The van der Waals surface area contributed by atoms with Crippen LogP contribution >= 0.6 is 0 Å². The normalized spacial score (nSPS) is 34.7. The number of alkyl halides is 3. The van der Waals surface area contributed by atoms with Gasteiger partial charge in [-0.15, -0.1) is 0 Å². The lowest BCUT2D eigenvalue weighted by molar-refractivity contribution is -0.0820. The lowest BCUT2D eigenvalue weighted by Crippen LogP contribution is -2.37. The van der Waals surface area contributed by atoms with Gasteiger partial charge in [-0.1, -0.05) is 57.6 Å². The van der Waals surface area contributed by atoms with Gasteiger partial charge in [-0.3, -0.25) is 0 Å². The molecule has 242 valence electrons. The number of hydrogen-bond acceptors (Lipinski definition) is 1. The number of rotatable bonds is 9. The molecule has 3 aliphatic carbocycles. The minimum Gasteiger partial charge on any atom is -0.378 e. The molecule has 43 heavy (non-hydrogen) atoms. The van der Waals surface area contributed by atoms with E-state index in [1.807, 2.05) is 6.07 Å². The molecule has 2 unspecified atom stereocenters. The molecule has 0 spiro atoms. The fraction of sp³-hybridized carbons (Fsp3) is 0.784. The highest BCUT2D eigenvalue weighted by Crippen LogP contribution is 2.45. The number of hydrogen-bond donors (Lipinski definition) is 0. The summed E-state index contributed by atoms with van der Waals surface area (Å²) in [5, 5.41) is 0. The second-order valence-corrected chi connectivity index (χ2v) is 14.5. The highest BCUT2D eigenvalue weighted by molar-refractivity contribution is 5.30. The smallest absolute Gasteiger partial charge is 0.378 e. The summed E-state index contributed by atoms with van der Waals surface area (Å²) in [5.74, 6) is 1.46. The van der Waals surface area contributed by atoms with Crippen LogP contribution in [0.1, 0.15) is 145 Å². The van der Waals surface area contributed by atoms with E-state index >= 15 is 4.39 Å². The Bertz CT molecular complexity index is 1020. The molecule has 6 heteroatoms. The van der Waals surface area contributed by atoms with E-state index in [0.717, 1.165) is 55.6 Å². The van der Waals surface area contributed by atoms with Crippen LogP contribution in [0.5, 0.6) is 0 Å². The molecule has 1 nitrogen and oxygen atoms in total. The third-order valence-electron chi connectivity index (χ3n) is 11.8. The minimum atomic E-state index is -4.64. The van der Waals surface area contributed by atoms with Crippen LogP contribution in [0, 0.1) is 35.4 Å². The van der Waals surface area contributed by atoms with Crippen LogP contribution in [0.4, 0.5) is 22.0 Å². The Hall–Kier alpha value is -1.43. The maximum atomic E-state index is 15.3. The van der Waals surface area contributed by atoms with Crippen LogP contribution in [-0.4, -0.2) is 18.9 Å². The molecular weight excluding hydrogens is 555 g/mol. The monoisotopic (exact) mass is 608 g/mol.